The van der Waals surface area contributed by atoms with Crippen molar-refractivity contribution < 1.29 is 13.2 Å². The summed E-state index contributed by atoms with van der Waals surface area (Å²) < 4.78 is 36.2. The molecule has 154 valence electrons. The second-order valence-electron chi connectivity index (χ2n) is 6.62. The highest BCUT2D eigenvalue weighted by atomic mass is 32.2. The number of hydrogen-bond acceptors (Lipinski definition) is 7. The van der Waals surface area contributed by atoms with Crippen molar-refractivity contribution in [2.45, 2.75) is 18.9 Å². The maximum absolute atomic E-state index is 12.3. The first kappa shape index (κ1) is 19.6. The molecule has 0 aliphatic rings. The Hall–Kier alpha value is -3.73. The first-order valence-electron chi connectivity index (χ1n) is 8.95. The Bertz CT molecular complexity index is 1280. The summed E-state index contributed by atoms with van der Waals surface area (Å²) in [6, 6.07) is 9.94. The fourth-order valence-corrected chi connectivity index (χ4v) is 3.71. The van der Waals surface area contributed by atoms with Crippen molar-refractivity contribution in [2.24, 2.45) is 7.05 Å². The first-order valence-corrected chi connectivity index (χ1v) is 10.4. The number of aryl methyl sites for hydroxylation is 2. The normalized spacial score (nSPS) is 11.4. The number of aromatic nitrogens is 6. The predicted molar refractivity (Wildman–Crippen MR) is 109 cm³/mol. The highest BCUT2D eigenvalue weighted by Gasteiger charge is 2.17. The van der Waals surface area contributed by atoms with E-state index < -0.39 is 10.0 Å². The molecule has 4 rings (SSSR count). The molecular weight excluding hydrogens is 406 g/mol. The van der Waals surface area contributed by atoms with E-state index in [1.807, 2.05) is 18.4 Å². The maximum atomic E-state index is 12.3. The van der Waals surface area contributed by atoms with Crippen LogP contribution in [0.2, 0.25) is 0 Å². The highest BCUT2D eigenvalue weighted by molar-refractivity contribution is 7.92. The van der Waals surface area contributed by atoms with Gasteiger partial charge in [0.2, 0.25) is 5.88 Å². The van der Waals surface area contributed by atoms with Crippen molar-refractivity contribution in [1.82, 2.24) is 29.3 Å². The first-order chi connectivity index (χ1) is 14.3. The zero-order valence-corrected chi connectivity index (χ0v) is 17.3. The third-order valence-corrected chi connectivity index (χ3v) is 5.68. The van der Waals surface area contributed by atoms with Crippen molar-refractivity contribution >= 4 is 15.7 Å². The molecule has 0 bridgehead atoms. The molecule has 0 amide bonds. The molecule has 3 aromatic heterocycles. The van der Waals surface area contributed by atoms with E-state index in [0.717, 1.165) is 11.4 Å². The highest BCUT2D eigenvalue weighted by Crippen LogP contribution is 2.23. The van der Waals surface area contributed by atoms with Gasteiger partial charge in [0.1, 0.15) is 12.1 Å². The van der Waals surface area contributed by atoms with Gasteiger partial charge in [-0.15, -0.1) is 10.2 Å². The van der Waals surface area contributed by atoms with E-state index in [9.17, 15) is 8.42 Å². The Morgan fingerprint density at radius 2 is 1.73 bits per heavy atom. The number of ether oxygens (including phenoxy) is 1. The number of sulfonamides is 1. The van der Waals surface area contributed by atoms with Gasteiger partial charge >= 0.3 is 0 Å². The summed E-state index contributed by atoms with van der Waals surface area (Å²) in [7, 11) is -2.05. The van der Waals surface area contributed by atoms with Crippen LogP contribution < -0.4 is 9.46 Å². The van der Waals surface area contributed by atoms with Crippen LogP contribution in [-0.4, -0.2) is 37.7 Å². The maximum Gasteiger partial charge on any atom is 0.280 e. The largest absolute Gasteiger partial charge is 0.438 e. The second kappa shape index (κ2) is 7.59. The SMILES string of the molecule is Cc1ncn(-c2ccc(Oc3ccc(NS(=O)(=O)c4cn(C)cn4)cc3)nn2)c1C. The lowest BCUT2D eigenvalue weighted by atomic mass is 10.3. The Morgan fingerprint density at radius 3 is 2.30 bits per heavy atom. The van der Waals surface area contributed by atoms with Gasteiger partial charge in [0, 0.05) is 30.7 Å². The number of anilines is 1. The second-order valence-corrected chi connectivity index (χ2v) is 8.25. The molecule has 1 aromatic carbocycles. The average Bonchev–Trinajstić information content (AvgIpc) is 3.31. The molecule has 3 heterocycles. The number of benzene rings is 1. The minimum atomic E-state index is -3.75. The predicted octanol–water partition coefficient (Wildman–Crippen LogP) is 2.61. The summed E-state index contributed by atoms with van der Waals surface area (Å²) in [5, 5.41) is 8.20. The zero-order chi connectivity index (χ0) is 21.3. The number of nitrogens with one attached hydrogen (secondary N) is 1. The number of nitrogens with zero attached hydrogens (tertiary/aromatic N) is 6. The summed E-state index contributed by atoms with van der Waals surface area (Å²) in [5.41, 5.74) is 2.30. The molecule has 10 nitrogen and oxygen atoms in total. The molecule has 0 aliphatic heterocycles. The van der Waals surface area contributed by atoms with Crippen LogP contribution >= 0.6 is 0 Å². The van der Waals surface area contributed by atoms with Crippen molar-refractivity contribution in [3.05, 3.63) is 66.6 Å². The van der Waals surface area contributed by atoms with E-state index in [0.29, 0.717) is 23.1 Å². The van der Waals surface area contributed by atoms with Crippen LogP contribution in [0.3, 0.4) is 0 Å². The summed E-state index contributed by atoms with van der Waals surface area (Å²) in [4.78, 5) is 8.11. The lowest BCUT2D eigenvalue weighted by Crippen LogP contribution is -2.13. The molecule has 0 spiro atoms. The van der Waals surface area contributed by atoms with Crippen LogP contribution in [0.4, 0.5) is 5.69 Å². The fraction of sp³-hybridized carbons (Fsp3) is 0.158. The number of rotatable bonds is 6. The van der Waals surface area contributed by atoms with Crippen molar-refractivity contribution in [3.8, 4) is 17.4 Å². The molecule has 4 aromatic rings. The topological polar surface area (TPSA) is 117 Å². The van der Waals surface area contributed by atoms with Gasteiger partial charge in [0.15, 0.2) is 10.8 Å². The molecular formula is C19H19N7O3S. The van der Waals surface area contributed by atoms with Gasteiger partial charge in [-0.1, -0.05) is 0 Å². The molecule has 11 heteroatoms. The van der Waals surface area contributed by atoms with Crippen LogP contribution in [0.25, 0.3) is 5.82 Å². The quantitative estimate of drug-likeness (QED) is 0.505. The minimum Gasteiger partial charge on any atom is -0.438 e. The van der Waals surface area contributed by atoms with E-state index in [1.165, 1.54) is 12.5 Å². The van der Waals surface area contributed by atoms with Gasteiger partial charge in [-0.3, -0.25) is 9.29 Å². The van der Waals surface area contributed by atoms with Gasteiger partial charge in [-0.25, -0.2) is 9.97 Å². The standard InChI is InChI=1S/C19H19N7O3S/c1-13-14(2)26(12-20-13)17-8-9-18(23-22-17)29-16-6-4-15(5-7-16)24-30(27,28)19-10-25(3)11-21-19/h4-12,24H,1-3H3. The molecule has 0 atom stereocenters. The van der Waals surface area contributed by atoms with Gasteiger partial charge in [-0.2, -0.15) is 8.42 Å². The van der Waals surface area contributed by atoms with Gasteiger partial charge in [0.05, 0.1) is 12.0 Å². The summed E-state index contributed by atoms with van der Waals surface area (Å²) in [6.45, 7) is 3.88. The molecule has 0 radical (unpaired) electrons. The molecule has 0 unspecified atom stereocenters. The Labute approximate surface area is 173 Å². The molecule has 0 saturated carbocycles. The van der Waals surface area contributed by atoms with E-state index >= 15 is 0 Å². The van der Waals surface area contributed by atoms with Crippen molar-refractivity contribution in [3.63, 3.8) is 0 Å². The Balaban J connectivity index is 1.44. The monoisotopic (exact) mass is 425 g/mol. The average molecular weight is 425 g/mol. The van der Waals surface area contributed by atoms with E-state index in [1.54, 1.807) is 54.3 Å². The smallest absolute Gasteiger partial charge is 0.280 e. The summed E-state index contributed by atoms with van der Waals surface area (Å²) in [5.74, 6) is 1.45. The lowest BCUT2D eigenvalue weighted by Gasteiger charge is -2.08. The Kier molecular flexibility index (Phi) is 4.96. The van der Waals surface area contributed by atoms with E-state index in [2.05, 4.69) is 24.9 Å². The molecule has 0 saturated heterocycles. The molecule has 0 fully saturated rings. The lowest BCUT2D eigenvalue weighted by molar-refractivity contribution is 0.454. The molecule has 0 aliphatic carbocycles. The van der Waals surface area contributed by atoms with E-state index in [-0.39, 0.29) is 5.03 Å². The van der Waals surface area contributed by atoms with Gasteiger partial charge in [0.25, 0.3) is 10.0 Å². The summed E-state index contributed by atoms with van der Waals surface area (Å²) >= 11 is 0. The van der Waals surface area contributed by atoms with Gasteiger partial charge in [-0.05, 0) is 44.2 Å². The zero-order valence-electron chi connectivity index (χ0n) is 16.5. The minimum absolute atomic E-state index is 0.0518. The fourth-order valence-electron chi connectivity index (χ4n) is 2.67. The van der Waals surface area contributed by atoms with Crippen molar-refractivity contribution in [2.75, 3.05) is 4.72 Å². The van der Waals surface area contributed by atoms with Crippen LogP contribution in [0.5, 0.6) is 11.6 Å². The van der Waals surface area contributed by atoms with Crippen LogP contribution in [0.1, 0.15) is 11.4 Å². The van der Waals surface area contributed by atoms with Crippen LogP contribution in [-0.2, 0) is 17.1 Å². The van der Waals surface area contributed by atoms with Crippen LogP contribution in [0, 0.1) is 13.8 Å². The van der Waals surface area contributed by atoms with Crippen LogP contribution in [0.15, 0.2) is 60.3 Å². The number of imidazole rings is 2. The third kappa shape index (κ3) is 4.01. The van der Waals surface area contributed by atoms with Gasteiger partial charge < -0.3 is 9.30 Å². The number of hydrogen-bond donors (Lipinski definition) is 1. The molecule has 1 N–H and O–H groups in total. The van der Waals surface area contributed by atoms with Crippen molar-refractivity contribution in [1.29, 1.82) is 0 Å². The van der Waals surface area contributed by atoms with E-state index in [4.69, 9.17) is 4.74 Å². The summed E-state index contributed by atoms with van der Waals surface area (Å²) in [6.07, 6.45) is 4.54. The third-order valence-electron chi connectivity index (χ3n) is 4.41. The molecule has 30 heavy (non-hydrogen) atoms. The Morgan fingerprint density at radius 1 is 0.967 bits per heavy atom.